The van der Waals surface area contributed by atoms with E-state index in [2.05, 4.69) is 67.4 Å². The molecule has 0 spiro atoms. The van der Waals surface area contributed by atoms with E-state index >= 15 is 0 Å². The molecule has 2 rings (SSSR count). The molecule has 0 radical (unpaired) electrons. The Hall–Kier alpha value is -1.80. The lowest BCUT2D eigenvalue weighted by Crippen LogP contribution is -2.21. The number of hydrogen-bond donors (Lipinski definition) is 1. The van der Waals surface area contributed by atoms with Crippen LogP contribution in [0.2, 0.25) is 0 Å². The Labute approximate surface area is 115 Å². The summed E-state index contributed by atoms with van der Waals surface area (Å²) in [7, 11) is 2.15. The minimum Gasteiger partial charge on any atom is -0.374 e. The highest BCUT2D eigenvalue weighted by molar-refractivity contribution is 5.52. The number of benzene rings is 2. The van der Waals surface area contributed by atoms with Gasteiger partial charge in [-0.15, -0.1) is 0 Å². The standard InChI is InChI=1S/C17H22N2/c1-14-7-3-6-10-17(14)19(2)12-11-15-8-4-5-9-16(15)13-18/h3-10H,11-13,18H2,1-2H3. The van der Waals surface area contributed by atoms with Gasteiger partial charge in [-0.1, -0.05) is 42.5 Å². The highest BCUT2D eigenvalue weighted by atomic mass is 15.1. The highest BCUT2D eigenvalue weighted by Crippen LogP contribution is 2.18. The summed E-state index contributed by atoms with van der Waals surface area (Å²) in [6.45, 7) is 3.77. The predicted octanol–water partition coefficient (Wildman–Crippen LogP) is 3.13. The molecule has 2 heteroatoms. The molecule has 0 fully saturated rings. The van der Waals surface area contributed by atoms with Gasteiger partial charge in [-0.05, 0) is 36.1 Å². The van der Waals surface area contributed by atoms with Crippen LogP contribution in [-0.2, 0) is 13.0 Å². The van der Waals surface area contributed by atoms with E-state index in [9.17, 15) is 0 Å². The molecule has 0 unspecified atom stereocenters. The molecule has 0 amide bonds. The van der Waals surface area contributed by atoms with Crippen LogP contribution in [0.1, 0.15) is 16.7 Å². The van der Waals surface area contributed by atoms with Crippen molar-refractivity contribution in [3.63, 3.8) is 0 Å². The van der Waals surface area contributed by atoms with E-state index in [1.807, 2.05) is 0 Å². The van der Waals surface area contributed by atoms with Gasteiger partial charge in [0, 0.05) is 25.8 Å². The van der Waals surface area contributed by atoms with Crippen LogP contribution in [0.25, 0.3) is 0 Å². The van der Waals surface area contributed by atoms with Gasteiger partial charge in [0.25, 0.3) is 0 Å². The Kier molecular flexibility index (Phi) is 4.58. The lowest BCUT2D eigenvalue weighted by Gasteiger charge is -2.22. The molecule has 0 atom stereocenters. The first-order valence-corrected chi connectivity index (χ1v) is 6.76. The van der Waals surface area contributed by atoms with Crippen LogP contribution in [-0.4, -0.2) is 13.6 Å². The molecule has 2 aromatic rings. The van der Waals surface area contributed by atoms with Gasteiger partial charge in [-0.25, -0.2) is 0 Å². The number of nitrogens with two attached hydrogens (primary N) is 1. The lowest BCUT2D eigenvalue weighted by molar-refractivity contribution is 0.858. The maximum Gasteiger partial charge on any atom is 0.0393 e. The minimum atomic E-state index is 0.615. The molecular formula is C17H22N2. The maximum atomic E-state index is 5.78. The Balaban J connectivity index is 2.04. The second kappa shape index (κ2) is 6.39. The number of hydrogen-bond acceptors (Lipinski definition) is 2. The fraction of sp³-hybridized carbons (Fsp3) is 0.294. The third-order valence-corrected chi connectivity index (χ3v) is 3.58. The van der Waals surface area contributed by atoms with Crippen LogP contribution in [0, 0.1) is 6.92 Å². The number of anilines is 1. The third-order valence-electron chi connectivity index (χ3n) is 3.58. The summed E-state index contributed by atoms with van der Waals surface area (Å²) in [5, 5.41) is 0. The van der Waals surface area contributed by atoms with Crippen LogP contribution < -0.4 is 10.6 Å². The van der Waals surface area contributed by atoms with Gasteiger partial charge >= 0.3 is 0 Å². The van der Waals surface area contributed by atoms with Crippen molar-refractivity contribution >= 4 is 5.69 Å². The first-order chi connectivity index (χ1) is 9.22. The number of para-hydroxylation sites is 1. The molecule has 0 heterocycles. The van der Waals surface area contributed by atoms with Crippen LogP contribution >= 0.6 is 0 Å². The molecule has 0 saturated carbocycles. The van der Waals surface area contributed by atoms with E-state index in [0.717, 1.165) is 13.0 Å². The van der Waals surface area contributed by atoms with Crippen LogP contribution in [0.3, 0.4) is 0 Å². The van der Waals surface area contributed by atoms with Crippen molar-refractivity contribution in [2.24, 2.45) is 5.73 Å². The van der Waals surface area contributed by atoms with Gasteiger partial charge in [0.2, 0.25) is 0 Å². The van der Waals surface area contributed by atoms with Gasteiger partial charge in [0.15, 0.2) is 0 Å². The van der Waals surface area contributed by atoms with Crippen LogP contribution in [0.5, 0.6) is 0 Å². The summed E-state index contributed by atoms with van der Waals surface area (Å²) in [6.07, 6.45) is 1.03. The van der Waals surface area contributed by atoms with E-state index in [1.54, 1.807) is 0 Å². The normalized spacial score (nSPS) is 10.5. The van der Waals surface area contributed by atoms with E-state index in [1.165, 1.54) is 22.4 Å². The zero-order valence-electron chi connectivity index (χ0n) is 11.8. The average molecular weight is 254 g/mol. The summed E-state index contributed by atoms with van der Waals surface area (Å²) >= 11 is 0. The van der Waals surface area contributed by atoms with E-state index in [-0.39, 0.29) is 0 Å². The first-order valence-electron chi connectivity index (χ1n) is 6.76. The van der Waals surface area contributed by atoms with Crippen molar-refractivity contribution in [3.05, 3.63) is 65.2 Å². The Bertz CT molecular complexity index is 534. The average Bonchev–Trinajstić information content (AvgIpc) is 2.45. The van der Waals surface area contributed by atoms with Crippen molar-refractivity contribution in [2.75, 3.05) is 18.5 Å². The molecule has 100 valence electrons. The highest BCUT2D eigenvalue weighted by Gasteiger charge is 2.05. The molecule has 2 nitrogen and oxygen atoms in total. The Morgan fingerprint density at radius 1 is 0.947 bits per heavy atom. The van der Waals surface area contributed by atoms with E-state index in [0.29, 0.717) is 6.54 Å². The van der Waals surface area contributed by atoms with Crippen LogP contribution in [0.15, 0.2) is 48.5 Å². The van der Waals surface area contributed by atoms with E-state index < -0.39 is 0 Å². The number of rotatable bonds is 5. The van der Waals surface area contributed by atoms with Crippen molar-refractivity contribution in [1.29, 1.82) is 0 Å². The van der Waals surface area contributed by atoms with E-state index in [4.69, 9.17) is 5.73 Å². The molecule has 0 aliphatic heterocycles. The first kappa shape index (κ1) is 13.6. The number of nitrogens with zero attached hydrogens (tertiary/aromatic N) is 1. The van der Waals surface area contributed by atoms with Crippen molar-refractivity contribution < 1.29 is 0 Å². The molecule has 0 aromatic heterocycles. The van der Waals surface area contributed by atoms with Crippen molar-refractivity contribution in [2.45, 2.75) is 19.9 Å². The Morgan fingerprint density at radius 2 is 1.58 bits per heavy atom. The molecule has 0 aliphatic rings. The zero-order valence-corrected chi connectivity index (χ0v) is 11.8. The van der Waals surface area contributed by atoms with Gasteiger partial charge in [-0.2, -0.15) is 0 Å². The van der Waals surface area contributed by atoms with Gasteiger partial charge in [0.05, 0.1) is 0 Å². The van der Waals surface area contributed by atoms with Crippen LogP contribution in [0.4, 0.5) is 5.69 Å². The summed E-state index contributed by atoms with van der Waals surface area (Å²) in [6, 6.07) is 16.9. The lowest BCUT2D eigenvalue weighted by atomic mass is 10.0. The smallest absolute Gasteiger partial charge is 0.0393 e. The molecule has 2 N–H and O–H groups in total. The second-order valence-electron chi connectivity index (χ2n) is 4.93. The van der Waals surface area contributed by atoms with Gasteiger partial charge < -0.3 is 10.6 Å². The number of aryl methyl sites for hydroxylation is 1. The van der Waals surface area contributed by atoms with Crippen molar-refractivity contribution in [1.82, 2.24) is 0 Å². The van der Waals surface area contributed by atoms with Crippen molar-refractivity contribution in [3.8, 4) is 0 Å². The maximum absolute atomic E-state index is 5.78. The SMILES string of the molecule is Cc1ccccc1N(C)CCc1ccccc1CN. The fourth-order valence-corrected chi connectivity index (χ4v) is 2.40. The van der Waals surface area contributed by atoms with Gasteiger partial charge in [0.1, 0.15) is 0 Å². The minimum absolute atomic E-state index is 0.615. The number of likely N-dealkylation sites (N-methyl/N-ethyl adjacent to an activating group) is 1. The summed E-state index contributed by atoms with van der Waals surface area (Å²) in [5.74, 6) is 0. The zero-order chi connectivity index (χ0) is 13.7. The molecule has 0 aliphatic carbocycles. The molecule has 2 aromatic carbocycles. The molecule has 19 heavy (non-hydrogen) atoms. The molecule has 0 bridgehead atoms. The van der Waals surface area contributed by atoms with Gasteiger partial charge in [-0.3, -0.25) is 0 Å². The molecule has 0 saturated heterocycles. The largest absolute Gasteiger partial charge is 0.374 e. The monoisotopic (exact) mass is 254 g/mol. The Morgan fingerprint density at radius 3 is 2.26 bits per heavy atom. The predicted molar refractivity (Wildman–Crippen MR) is 82.5 cm³/mol. The topological polar surface area (TPSA) is 29.3 Å². The quantitative estimate of drug-likeness (QED) is 0.888. The second-order valence-corrected chi connectivity index (χ2v) is 4.93. The summed E-state index contributed by atoms with van der Waals surface area (Å²) in [4.78, 5) is 2.31. The molecular weight excluding hydrogens is 232 g/mol. The summed E-state index contributed by atoms with van der Waals surface area (Å²) in [5.41, 5.74) is 11.0. The summed E-state index contributed by atoms with van der Waals surface area (Å²) < 4.78 is 0. The fourth-order valence-electron chi connectivity index (χ4n) is 2.40. The third kappa shape index (κ3) is 3.36.